The molecule has 0 aliphatic carbocycles. The van der Waals surface area contributed by atoms with Crippen molar-refractivity contribution in [2.75, 3.05) is 0 Å². The first kappa shape index (κ1) is 17.6. The van der Waals surface area contributed by atoms with Gasteiger partial charge < -0.3 is 0 Å². The maximum absolute atomic E-state index is 4.72. The Morgan fingerprint density at radius 1 is 0.321 bits per heavy atom. The van der Waals surface area contributed by atoms with Crippen molar-refractivity contribution in [2.24, 2.45) is 10.2 Å². The quantitative estimate of drug-likeness (QED) is 0.309. The Balaban J connectivity index is 1.87. The maximum Gasteiger partial charge on any atom is 0.100 e. The fourth-order valence-corrected chi connectivity index (χ4v) is 3.05. The van der Waals surface area contributed by atoms with Crippen LogP contribution in [0.15, 0.2) is 132 Å². The van der Waals surface area contributed by atoms with Crippen molar-refractivity contribution in [1.29, 1.82) is 0 Å². The van der Waals surface area contributed by atoms with Gasteiger partial charge in [-0.2, -0.15) is 0 Å². The molecule has 28 heavy (non-hydrogen) atoms. The van der Waals surface area contributed by atoms with Crippen molar-refractivity contribution in [3.05, 3.63) is 144 Å². The van der Waals surface area contributed by atoms with Gasteiger partial charge in [-0.15, -0.1) is 10.2 Å². The summed E-state index contributed by atoms with van der Waals surface area (Å²) in [6.45, 7) is 0. The fraction of sp³-hybridized carbons (Fsp3) is 0. The average Bonchev–Trinajstić information content (AvgIpc) is 2.79. The van der Waals surface area contributed by atoms with Gasteiger partial charge in [-0.05, 0) is 0 Å². The zero-order valence-corrected chi connectivity index (χ0v) is 15.4. The summed E-state index contributed by atoms with van der Waals surface area (Å²) in [5.74, 6) is 0. The lowest BCUT2D eigenvalue weighted by molar-refractivity contribution is 1.22. The van der Waals surface area contributed by atoms with E-state index in [2.05, 4.69) is 48.5 Å². The van der Waals surface area contributed by atoms with Crippen molar-refractivity contribution in [3.63, 3.8) is 0 Å². The van der Waals surface area contributed by atoms with Crippen LogP contribution in [0.5, 0.6) is 0 Å². The Kier molecular flexibility index (Phi) is 5.50. The molecule has 0 bridgehead atoms. The van der Waals surface area contributed by atoms with E-state index in [1.54, 1.807) is 0 Å². The first-order valence-electron chi connectivity index (χ1n) is 9.29. The molecule has 0 unspecified atom stereocenters. The molecule has 0 radical (unpaired) electrons. The van der Waals surface area contributed by atoms with E-state index >= 15 is 0 Å². The topological polar surface area (TPSA) is 24.7 Å². The van der Waals surface area contributed by atoms with Gasteiger partial charge in [0.2, 0.25) is 0 Å². The van der Waals surface area contributed by atoms with E-state index in [0.29, 0.717) is 0 Å². The Bertz CT molecular complexity index is 894. The van der Waals surface area contributed by atoms with Gasteiger partial charge >= 0.3 is 0 Å². The molecule has 0 aliphatic rings. The zero-order chi connectivity index (χ0) is 19.0. The lowest BCUT2D eigenvalue weighted by Gasteiger charge is -2.08. The third-order valence-corrected chi connectivity index (χ3v) is 4.44. The van der Waals surface area contributed by atoms with Crippen LogP contribution in [0.2, 0.25) is 0 Å². The third kappa shape index (κ3) is 4.13. The normalized spacial score (nSPS) is 10.1. The summed E-state index contributed by atoms with van der Waals surface area (Å²) in [5, 5.41) is 9.44. The summed E-state index contributed by atoms with van der Waals surface area (Å²) >= 11 is 0. The van der Waals surface area contributed by atoms with Crippen LogP contribution in [0.3, 0.4) is 0 Å². The standard InChI is InChI=1S/C26H20N2/c1-5-13-21(14-6-1)25(22-15-7-2-8-16-22)27-28-26(23-17-9-3-10-18-23)24-19-11-4-12-20-24/h1-20H. The summed E-state index contributed by atoms with van der Waals surface area (Å²) in [5.41, 5.74) is 5.86. The molecular weight excluding hydrogens is 340 g/mol. The van der Waals surface area contributed by atoms with E-state index in [4.69, 9.17) is 10.2 Å². The summed E-state index contributed by atoms with van der Waals surface area (Å²) in [7, 11) is 0. The molecule has 0 saturated carbocycles. The molecule has 0 heterocycles. The van der Waals surface area contributed by atoms with Crippen molar-refractivity contribution >= 4 is 11.4 Å². The molecule has 0 fully saturated rings. The van der Waals surface area contributed by atoms with E-state index in [9.17, 15) is 0 Å². The molecule has 134 valence electrons. The fourth-order valence-electron chi connectivity index (χ4n) is 3.05. The minimum absolute atomic E-state index is 0.852. The molecule has 4 aromatic carbocycles. The highest BCUT2D eigenvalue weighted by Crippen LogP contribution is 2.14. The molecule has 0 aliphatic heterocycles. The first-order chi connectivity index (χ1) is 13.9. The predicted molar refractivity (Wildman–Crippen MR) is 117 cm³/mol. The number of benzene rings is 4. The molecule has 4 aromatic rings. The summed E-state index contributed by atoms with van der Waals surface area (Å²) < 4.78 is 0. The highest BCUT2D eigenvalue weighted by atomic mass is 15.2. The molecule has 0 amide bonds. The Hall–Kier alpha value is -3.78. The molecule has 2 heteroatoms. The van der Waals surface area contributed by atoms with Gasteiger partial charge in [0.05, 0.1) is 0 Å². The molecule has 0 atom stereocenters. The van der Waals surface area contributed by atoms with E-state index in [1.807, 2.05) is 72.8 Å². The summed E-state index contributed by atoms with van der Waals surface area (Å²) in [6, 6.07) is 40.7. The molecule has 0 saturated heterocycles. The van der Waals surface area contributed by atoms with Gasteiger partial charge in [-0.25, -0.2) is 0 Å². The van der Waals surface area contributed by atoms with Gasteiger partial charge in [0.15, 0.2) is 0 Å². The summed E-state index contributed by atoms with van der Waals surface area (Å²) in [6.07, 6.45) is 0. The SMILES string of the molecule is c1ccc(C(=NN=C(c2ccccc2)c2ccccc2)c2ccccc2)cc1. The number of hydrogen-bond donors (Lipinski definition) is 0. The zero-order valence-electron chi connectivity index (χ0n) is 15.4. The van der Waals surface area contributed by atoms with Gasteiger partial charge in [-0.1, -0.05) is 121 Å². The van der Waals surface area contributed by atoms with Crippen LogP contribution in [0.25, 0.3) is 0 Å². The van der Waals surface area contributed by atoms with Crippen LogP contribution in [0.4, 0.5) is 0 Å². The van der Waals surface area contributed by atoms with E-state index in [1.165, 1.54) is 0 Å². The second-order valence-electron chi connectivity index (χ2n) is 6.36. The number of nitrogens with zero attached hydrogens (tertiary/aromatic N) is 2. The molecule has 0 N–H and O–H groups in total. The van der Waals surface area contributed by atoms with Crippen LogP contribution < -0.4 is 0 Å². The molecule has 0 spiro atoms. The van der Waals surface area contributed by atoms with Crippen molar-refractivity contribution in [1.82, 2.24) is 0 Å². The first-order valence-corrected chi connectivity index (χ1v) is 9.29. The second kappa shape index (κ2) is 8.74. The van der Waals surface area contributed by atoms with Crippen LogP contribution in [-0.4, -0.2) is 11.4 Å². The molecule has 0 aromatic heterocycles. The lowest BCUT2D eigenvalue weighted by Crippen LogP contribution is -2.06. The molecule has 4 rings (SSSR count). The smallest absolute Gasteiger partial charge is 0.100 e. The van der Waals surface area contributed by atoms with Crippen LogP contribution >= 0.6 is 0 Å². The van der Waals surface area contributed by atoms with Gasteiger partial charge in [-0.3, -0.25) is 0 Å². The van der Waals surface area contributed by atoms with Crippen LogP contribution in [0, 0.1) is 0 Å². The van der Waals surface area contributed by atoms with Crippen molar-refractivity contribution in [3.8, 4) is 0 Å². The third-order valence-electron chi connectivity index (χ3n) is 4.44. The van der Waals surface area contributed by atoms with Gasteiger partial charge in [0.25, 0.3) is 0 Å². The van der Waals surface area contributed by atoms with Crippen LogP contribution in [-0.2, 0) is 0 Å². The Labute approximate surface area is 165 Å². The molecule has 2 nitrogen and oxygen atoms in total. The average molecular weight is 360 g/mol. The predicted octanol–water partition coefficient (Wildman–Crippen LogP) is 5.98. The lowest BCUT2D eigenvalue weighted by atomic mass is 10.0. The second-order valence-corrected chi connectivity index (χ2v) is 6.36. The van der Waals surface area contributed by atoms with Crippen molar-refractivity contribution in [2.45, 2.75) is 0 Å². The van der Waals surface area contributed by atoms with E-state index in [0.717, 1.165) is 33.7 Å². The Morgan fingerprint density at radius 2 is 0.536 bits per heavy atom. The van der Waals surface area contributed by atoms with E-state index < -0.39 is 0 Å². The number of hydrogen-bond acceptors (Lipinski definition) is 2. The van der Waals surface area contributed by atoms with Crippen LogP contribution in [0.1, 0.15) is 22.3 Å². The largest absolute Gasteiger partial charge is 0.149 e. The van der Waals surface area contributed by atoms with Crippen molar-refractivity contribution < 1.29 is 0 Å². The van der Waals surface area contributed by atoms with Gasteiger partial charge in [0, 0.05) is 22.3 Å². The highest BCUT2D eigenvalue weighted by Gasteiger charge is 2.09. The van der Waals surface area contributed by atoms with Gasteiger partial charge in [0.1, 0.15) is 11.4 Å². The molecular formula is C26H20N2. The summed E-state index contributed by atoms with van der Waals surface area (Å²) in [4.78, 5) is 0. The maximum atomic E-state index is 4.72. The monoisotopic (exact) mass is 360 g/mol. The minimum atomic E-state index is 0.852. The number of rotatable bonds is 5. The highest BCUT2D eigenvalue weighted by molar-refractivity contribution is 6.15. The minimum Gasteiger partial charge on any atom is -0.149 e. The Morgan fingerprint density at radius 3 is 0.750 bits per heavy atom. The van der Waals surface area contributed by atoms with E-state index in [-0.39, 0.29) is 0 Å².